The van der Waals surface area contributed by atoms with E-state index in [2.05, 4.69) is 35.4 Å². The number of amides is 1. The smallest absolute Gasteiger partial charge is 0.255 e. The number of carbonyl (C=O) groups is 1. The largest absolute Gasteiger partial charge is 0.322 e. The third-order valence-electron chi connectivity index (χ3n) is 4.14. The number of nitrogens with zero attached hydrogens (tertiary/aromatic N) is 1. The maximum absolute atomic E-state index is 12.3. The second-order valence-electron chi connectivity index (χ2n) is 5.89. The molecule has 0 spiro atoms. The van der Waals surface area contributed by atoms with E-state index in [4.69, 9.17) is 0 Å². The van der Waals surface area contributed by atoms with Gasteiger partial charge in [0.1, 0.15) is 0 Å². The van der Waals surface area contributed by atoms with Crippen LogP contribution in [0.4, 0.5) is 5.69 Å². The Balaban J connectivity index is 1.67. The highest BCUT2D eigenvalue weighted by atomic mass is 32.1. The molecule has 4 aromatic rings. The van der Waals surface area contributed by atoms with E-state index in [1.54, 1.807) is 23.5 Å². The highest BCUT2D eigenvalue weighted by Gasteiger charge is 2.09. The van der Waals surface area contributed by atoms with Gasteiger partial charge < -0.3 is 5.32 Å². The molecule has 1 heterocycles. The lowest BCUT2D eigenvalue weighted by Crippen LogP contribution is -2.11. The molecular weight excluding hydrogens is 328 g/mol. The van der Waals surface area contributed by atoms with E-state index in [0.717, 1.165) is 22.3 Å². The van der Waals surface area contributed by atoms with Gasteiger partial charge in [0.25, 0.3) is 5.91 Å². The summed E-state index contributed by atoms with van der Waals surface area (Å²) in [6.07, 6.45) is 0. The molecule has 0 aliphatic heterocycles. The van der Waals surface area contributed by atoms with E-state index >= 15 is 0 Å². The van der Waals surface area contributed by atoms with Crippen LogP contribution in [0.5, 0.6) is 0 Å². The predicted molar refractivity (Wildman–Crippen MR) is 104 cm³/mol. The Hall–Kier alpha value is -2.98. The van der Waals surface area contributed by atoms with E-state index in [1.165, 1.54) is 10.3 Å². The molecule has 1 N–H and O–H groups in total. The van der Waals surface area contributed by atoms with Gasteiger partial charge in [-0.05, 0) is 60.0 Å². The molecule has 4 rings (SSSR count). The number of anilines is 1. The van der Waals surface area contributed by atoms with Crippen LogP contribution in [0.2, 0.25) is 0 Å². The number of aromatic nitrogens is 1. The topological polar surface area (TPSA) is 42.0 Å². The van der Waals surface area contributed by atoms with Gasteiger partial charge in [-0.15, -0.1) is 11.3 Å². The van der Waals surface area contributed by atoms with Gasteiger partial charge in [-0.25, -0.2) is 4.98 Å². The summed E-state index contributed by atoms with van der Waals surface area (Å²) in [5, 5.41) is 2.97. The zero-order valence-electron chi connectivity index (χ0n) is 13.7. The minimum Gasteiger partial charge on any atom is -0.322 e. The van der Waals surface area contributed by atoms with Gasteiger partial charge in [0.2, 0.25) is 0 Å². The first-order valence-electron chi connectivity index (χ1n) is 8.01. The Kier molecular flexibility index (Phi) is 4.04. The molecule has 3 aromatic carbocycles. The molecule has 0 atom stereocenters. The molecule has 0 fully saturated rings. The number of hydrogen-bond acceptors (Lipinski definition) is 3. The minimum atomic E-state index is -0.107. The molecule has 0 unspecified atom stereocenters. The first-order valence-corrected chi connectivity index (χ1v) is 8.89. The van der Waals surface area contributed by atoms with Gasteiger partial charge in [0.15, 0.2) is 0 Å². The fourth-order valence-electron chi connectivity index (χ4n) is 2.87. The first kappa shape index (κ1) is 15.5. The second-order valence-corrected chi connectivity index (χ2v) is 6.77. The number of rotatable bonds is 3. The van der Waals surface area contributed by atoms with Crippen LogP contribution in [0, 0.1) is 6.92 Å². The number of fused-ring (bicyclic) bond motifs is 1. The van der Waals surface area contributed by atoms with E-state index in [0.29, 0.717) is 5.56 Å². The molecule has 0 bridgehead atoms. The van der Waals surface area contributed by atoms with E-state index in [9.17, 15) is 4.79 Å². The Labute approximate surface area is 150 Å². The summed E-state index contributed by atoms with van der Waals surface area (Å²) in [6.45, 7) is 2.10. The highest BCUT2D eigenvalue weighted by Crippen LogP contribution is 2.31. The third kappa shape index (κ3) is 3.16. The maximum atomic E-state index is 12.3. The lowest BCUT2D eigenvalue weighted by molar-refractivity contribution is 0.102. The molecule has 0 saturated heterocycles. The van der Waals surface area contributed by atoms with Gasteiger partial charge in [-0.3, -0.25) is 4.79 Å². The molecule has 0 aliphatic carbocycles. The highest BCUT2D eigenvalue weighted by molar-refractivity contribution is 7.16. The Bertz CT molecular complexity index is 1050. The van der Waals surface area contributed by atoms with Gasteiger partial charge in [0.05, 0.1) is 15.7 Å². The van der Waals surface area contributed by atoms with Crippen LogP contribution < -0.4 is 5.32 Å². The number of benzene rings is 3. The summed E-state index contributed by atoms with van der Waals surface area (Å²) in [6, 6.07) is 21.4. The molecule has 1 amide bonds. The van der Waals surface area contributed by atoms with Crippen molar-refractivity contribution >= 4 is 33.1 Å². The SMILES string of the molecule is Cc1cc2scnc2cc1-c1cccc(NC(=O)c2ccccc2)c1. The van der Waals surface area contributed by atoms with Gasteiger partial charge >= 0.3 is 0 Å². The Morgan fingerprint density at radius 2 is 1.84 bits per heavy atom. The summed E-state index contributed by atoms with van der Waals surface area (Å²) in [4.78, 5) is 16.8. The van der Waals surface area contributed by atoms with E-state index in [1.807, 2.05) is 41.9 Å². The maximum Gasteiger partial charge on any atom is 0.255 e. The predicted octanol–water partition coefficient (Wildman–Crippen LogP) is 5.52. The van der Waals surface area contributed by atoms with Crippen molar-refractivity contribution in [3.63, 3.8) is 0 Å². The van der Waals surface area contributed by atoms with Crippen LogP contribution in [0.15, 0.2) is 72.2 Å². The van der Waals surface area contributed by atoms with Crippen LogP contribution in [0.1, 0.15) is 15.9 Å². The van der Waals surface area contributed by atoms with Gasteiger partial charge in [-0.2, -0.15) is 0 Å². The standard InChI is InChI=1S/C21H16N2OS/c1-14-10-20-19(22-13-25-20)12-18(14)16-8-5-9-17(11-16)23-21(24)15-6-3-2-4-7-15/h2-13H,1H3,(H,23,24). The summed E-state index contributed by atoms with van der Waals surface area (Å²) in [5.74, 6) is -0.107. The quantitative estimate of drug-likeness (QED) is 0.531. The van der Waals surface area contributed by atoms with Crippen molar-refractivity contribution < 1.29 is 4.79 Å². The molecule has 4 heteroatoms. The molecule has 0 saturated carbocycles. The molecule has 1 aromatic heterocycles. The Morgan fingerprint density at radius 1 is 1.00 bits per heavy atom. The van der Waals surface area contributed by atoms with Crippen molar-refractivity contribution in [2.45, 2.75) is 6.92 Å². The number of thiazole rings is 1. The summed E-state index contributed by atoms with van der Waals surface area (Å²) < 4.78 is 1.19. The fourth-order valence-corrected chi connectivity index (χ4v) is 3.63. The molecule has 122 valence electrons. The van der Waals surface area contributed by atoms with Crippen molar-refractivity contribution in [3.05, 3.63) is 83.4 Å². The third-order valence-corrected chi connectivity index (χ3v) is 4.94. The fraction of sp³-hybridized carbons (Fsp3) is 0.0476. The molecule has 3 nitrogen and oxygen atoms in total. The summed E-state index contributed by atoms with van der Waals surface area (Å²) >= 11 is 1.65. The number of aryl methyl sites for hydroxylation is 1. The normalized spacial score (nSPS) is 10.8. The van der Waals surface area contributed by atoms with Crippen LogP contribution in [0.3, 0.4) is 0 Å². The zero-order chi connectivity index (χ0) is 17.2. The van der Waals surface area contributed by atoms with Crippen LogP contribution >= 0.6 is 11.3 Å². The van der Waals surface area contributed by atoms with E-state index in [-0.39, 0.29) is 5.91 Å². The van der Waals surface area contributed by atoms with Gasteiger partial charge in [0, 0.05) is 11.3 Å². The van der Waals surface area contributed by atoms with Gasteiger partial charge in [-0.1, -0.05) is 30.3 Å². The number of hydrogen-bond donors (Lipinski definition) is 1. The molecule has 25 heavy (non-hydrogen) atoms. The van der Waals surface area contributed by atoms with Crippen molar-refractivity contribution in [1.82, 2.24) is 4.98 Å². The van der Waals surface area contributed by atoms with Crippen LogP contribution in [0.25, 0.3) is 21.3 Å². The number of nitrogens with one attached hydrogen (secondary N) is 1. The van der Waals surface area contributed by atoms with Crippen molar-refractivity contribution in [2.24, 2.45) is 0 Å². The molecule has 0 aliphatic rings. The van der Waals surface area contributed by atoms with Crippen LogP contribution in [-0.2, 0) is 0 Å². The Morgan fingerprint density at radius 3 is 2.68 bits per heavy atom. The van der Waals surface area contributed by atoms with Crippen molar-refractivity contribution in [1.29, 1.82) is 0 Å². The lowest BCUT2D eigenvalue weighted by atomic mass is 9.99. The molecular formula is C21H16N2OS. The second kappa shape index (κ2) is 6.49. The summed E-state index contributed by atoms with van der Waals surface area (Å²) in [5.41, 5.74) is 7.70. The number of carbonyl (C=O) groups excluding carboxylic acids is 1. The van der Waals surface area contributed by atoms with Crippen molar-refractivity contribution in [3.8, 4) is 11.1 Å². The molecule has 0 radical (unpaired) electrons. The average molecular weight is 344 g/mol. The zero-order valence-corrected chi connectivity index (χ0v) is 14.5. The lowest BCUT2D eigenvalue weighted by Gasteiger charge is -2.10. The van der Waals surface area contributed by atoms with Crippen LogP contribution in [-0.4, -0.2) is 10.9 Å². The minimum absolute atomic E-state index is 0.107. The monoisotopic (exact) mass is 344 g/mol. The first-order chi connectivity index (χ1) is 12.2. The van der Waals surface area contributed by atoms with E-state index < -0.39 is 0 Å². The summed E-state index contributed by atoms with van der Waals surface area (Å²) in [7, 11) is 0. The average Bonchev–Trinajstić information content (AvgIpc) is 3.09. The van der Waals surface area contributed by atoms with Crippen molar-refractivity contribution in [2.75, 3.05) is 5.32 Å².